The van der Waals surface area contributed by atoms with Gasteiger partial charge in [-0.15, -0.1) is 0 Å². The summed E-state index contributed by atoms with van der Waals surface area (Å²) in [5.41, 5.74) is 6.38. The molecule has 0 spiro atoms. The molecule has 0 atom stereocenters. The largest absolute Gasteiger partial charge is 0.481 e. The van der Waals surface area contributed by atoms with Crippen molar-refractivity contribution in [2.75, 3.05) is 0 Å². The molecule has 1 aliphatic rings. The van der Waals surface area contributed by atoms with Crippen LogP contribution in [-0.2, 0) is 11.3 Å². The number of carbonyl (C=O) groups excluding carboxylic acids is 2. The molecule has 3 amide bonds. The van der Waals surface area contributed by atoms with E-state index in [0.717, 1.165) is 5.56 Å². The predicted octanol–water partition coefficient (Wildman–Crippen LogP) is 1.23. The van der Waals surface area contributed by atoms with E-state index >= 15 is 0 Å². The number of urea groups is 1. The Balaban J connectivity index is 1.84. The number of hydrogen-bond acceptors (Lipinski definition) is 3. The molecular weight excluding hydrogens is 298 g/mol. The lowest BCUT2D eigenvalue weighted by molar-refractivity contribution is -0.142. The van der Waals surface area contributed by atoms with Crippen LogP contribution in [0.5, 0.6) is 0 Å². The van der Waals surface area contributed by atoms with E-state index in [9.17, 15) is 14.4 Å². The van der Waals surface area contributed by atoms with Crippen molar-refractivity contribution in [2.45, 2.75) is 38.3 Å². The van der Waals surface area contributed by atoms with Crippen LogP contribution in [0.2, 0.25) is 0 Å². The highest BCUT2D eigenvalue weighted by Crippen LogP contribution is 2.24. The fourth-order valence-electron chi connectivity index (χ4n) is 2.72. The van der Waals surface area contributed by atoms with E-state index in [1.807, 2.05) is 0 Å². The summed E-state index contributed by atoms with van der Waals surface area (Å²) in [6, 6.07) is 6.32. The number of nitrogens with two attached hydrogens (primary N) is 1. The molecule has 0 aromatic heterocycles. The Hall–Kier alpha value is -2.57. The lowest BCUT2D eigenvalue weighted by Crippen LogP contribution is -2.38. The molecule has 0 bridgehead atoms. The first kappa shape index (κ1) is 16.8. The lowest BCUT2D eigenvalue weighted by Gasteiger charge is -2.26. The number of rotatable bonds is 5. The van der Waals surface area contributed by atoms with E-state index in [1.54, 1.807) is 24.3 Å². The van der Waals surface area contributed by atoms with Gasteiger partial charge in [-0.05, 0) is 43.4 Å². The molecule has 1 fully saturated rings. The molecule has 0 radical (unpaired) electrons. The van der Waals surface area contributed by atoms with Gasteiger partial charge in [0.2, 0.25) is 0 Å². The highest BCUT2D eigenvalue weighted by molar-refractivity contribution is 5.94. The molecule has 1 aliphatic carbocycles. The summed E-state index contributed by atoms with van der Waals surface area (Å²) in [6.07, 6.45) is 2.56. The van der Waals surface area contributed by atoms with Gasteiger partial charge in [0.15, 0.2) is 0 Å². The van der Waals surface area contributed by atoms with Crippen molar-refractivity contribution in [1.82, 2.24) is 10.6 Å². The van der Waals surface area contributed by atoms with E-state index in [1.165, 1.54) is 0 Å². The second kappa shape index (κ2) is 7.62. The zero-order valence-corrected chi connectivity index (χ0v) is 12.7. The van der Waals surface area contributed by atoms with Gasteiger partial charge in [-0.3, -0.25) is 9.59 Å². The first-order valence-corrected chi connectivity index (χ1v) is 7.61. The molecule has 23 heavy (non-hydrogen) atoms. The maximum Gasteiger partial charge on any atom is 0.312 e. The van der Waals surface area contributed by atoms with Gasteiger partial charge in [-0.1, -0.05) is 12.1 Å². The standard InChI is InChI=1S/C16H21N3O4/c17-16(23)18-9-10-1-3-11(4-2-10)14(20)19-13-7-5-12(6-8-13)15(21)22/h1-4,12-13H,5-9H2,(H,19,20)(H,21,22)(H3,17,18,23). The Morgan fingerprint density at radius 2 is 1.70 bits per heavy atom. The van der Waals surface area contributed by atoms with Crippen LogP contribution in [0.1, 0.15) is 41.6 Å². The summed E-state index contributed by atoms with van der Waals surface area (Å²) < 4.78 is 0. The zero-order valence-electron chi connectivity index (χ0n) is 12.7. The van der Waals surface area contributed by atoms with Gasteiger partial charge in [0.1, 0.15) is 0 Å². The average molecular weight is 319 g/mol. The van der Waals surface area contributed by atoms with E-state index in [2.05, 4.69) is 10.6 Å². The summed E-state index contributed by atoms with van der Waals surface area (Å²) in [7, 11) is 0. The predicted molar refractivity (Wildman–Crippen MR) is 83.7 cm³/mol. The van der Waals surface area contributed by atoms with Gasteiger partial charge in [0, 0.05) is 18.2 Å². The van der Waals surface area contributed by atoms with Gasteiger partial charge in [-0.2, -0.15) is 0 Å². The minimum Gasteiger partial charge on any atom is -0.481 e. The molecule has 0 unspecified atom stereocenters. The molecule has 7 heteroatoms. The molecule has 0 aliphatic heterocycles. The van der Waals surface area contributed by atoms with E-state index in [0.29, 0.717) is 37.8 Å². The van der Waals surface area contributed by atoms with Crippen LogP contribution in [0.3, 0.4) is 0 Å². The van der Waals surface area contributed by atoms with Gasteiger partial charge in [0.05, 0.1) is 5.92 Å². The van der Waals surface area contributed by atoms with E-state index in [-0.39, 0.29) is 17.9 Å². The topological polar surface area (TPSA) is 122 Å². The first-order valence-electron chi connectivity index (χ1n) is 7.61. The van der Waals surface area contributed by atoms with E-state index < -0.39 is 12.0 Å². The highest BCUT2D eigenvalue weighted by Gasteiger charge is 2.26. The third-order valence-corrected chi connectivity index (χ3v) is 4.09. The third kappa shape index (κ3) is 4.98. The molecule has 0 saturated heterocycles. The lowest BCUT2D eigenvalue weighted by atomic mass is 9.86. The second-order valence-corrected chi connectivity index (χ2v) is 5.77. The van der Waals surface area contributed by atoms with Crippen molar-refractivity contribution in [2.24, 2.45) is 11.7 Å². The summed E-state index contributed by atoms with van der Waals surface area (Å²) in [4.78, 5) is 33.7. The Morgan fingerprint density at radius 3 is 2.22 bits per heavy atom. The van der Waals surface area contributed by atoms with Crippen molar-refractivity contribution in [3.63, 3.8) is 0 Å². The van der Waals surface area contributed by atoms with Crippen LogP contribution in [0.15, 0.2) is 24.3 Å². The van der Waals surface area contributed by atoms with Crippen LogP contribution in [0, 0.1) is 5.92 Å². The summed E-state index contributed by atoms with van der Waals surface area (Å²) in [5.74, 6) is -1.21. The van der Waals surface area contributed by atoms with Crippen LogP contribution in [0.25, 0.3) is 0 Å². The van der Waals surface area contributed by atoms with Crippen molar-refractivity contribution < 1.29 is 19.5 Å². The Labute approximate surface area is 134 Å². The van der Waals surface area contributed by atoms with Crippen molar-refractivity contribution in [3.05, 3.63) is 35.4 Å². The Morgan fingerprint density at radius 1 is 1.09 bits per heavy atom. The Kier molecular flexibility index (Phi) is 5.56. The van der Waals surface area contributed by atoms with Crippen LogP contribution >= 0.6 is 0 Å². The van der Waals surface area contributed by atoms with Gasteiger partial charge in [0.25, 0.3) is 5.91 Å². The van der Waals surface area contributed by atoms with Crippen molar-refractivity contribution >= 4 is 17.9 Å². The normalized spacial score (nSPS) is 20.5. The van der Waals surface area contributed by atoms with Crippen LogP contribution < -0.4 is 16.4 Å². The zero-order chi connectivity index (χ0) is 16.8. The maximum absolute atomic E-state index is 12.2. The van der Waals surface area contributed by atoms with Crippen LogP contribution in [-0.4, -0.2) is 29.1 Å². The number of carboxylic acid groups (broad SMARTS) is 1. The summed E-state index contributed by atoms with van der Waals surface area (Å²) in [6.45, 7) is 0.316. The number of carboxylic acids is 1. The average Bonchev–Trinajstić information content (AvgIpc) is 2.54. The van der Waals surface area contributed by atoms with Crippen molar-refractivity contribution in [3.8, 4) is 0 Å². The first-order chi connectivity index (χ1) is 11.0. The number of primary amides is 1. The minimum atomic E-state index is -0.755. The number of amides is 3. The SMILES string of the molecule is NC(=O)NCc1ccc(C(=O)NC2CCC(C(=O)O)CC2)cc1. The number of carbonyl (C=O) groups is 3. The second-order valence-electron chi connectivity index (χ2n) is 5.77. The molecule has 1 saturated carbocycles. The van der Waals surface area contributed by atoms with E-state index in [4.69, 9.17) is 10.8 Å². The van der Waals surface area contributed by atoms with Gasteiger partial charge in [-0.25, -0.2) is 4.79 Å². The summed E-state index contributed by atoms with van der Waals surface area (Å²) >= 11 is 0. The van der Waals surface area contributed by atoms with Gasteiger partial charge < -0.3 is 21.5 Å². The number of aliphatic carboxylic acids is 1. The number of hydrogen-bond donors (Lipinski definition) is 4. The molecule has 1 aromatic rings. The summed E-state index contributed by atoms with van der Waals surface area (Å²) in [5, 5.41) is 14.4. The number of nitrogens with one attached hydrogen (secondary N) is 2. The number of benzene rings is 1. The molecule has 124 valence electrons. The maximum atomic E-state index is 12.2. The molecule has 5 N–H and O–H groups in total. The molecule has 7 nitrogen and oxygen atoms in total. The van der Waals surface area contributed by atoms with Gasteiger partial charge >= 0.3 is 12.0 Å². The monoisotopic (exact) mass is 319 g/mol. The highest BCUT2D eigenvalue weighted by atomic mass is 16.4. The molecule has 2 rings (SSSR count). The smallest absolute Gasteiger partial charge is 0.312 e. The molecule has 0 heterocycles. The minimum absolute atomic E-state index is 0.0225. The quantitative estimate of drug-likeness (QED) is 0.652. The molecule has 1 aromatic carbocycles. The van der Waals surface area contributed by atoms with Crippen LogP contribution in [0.4, 0.5) is 4.79 Å². The fourth-order valence-corrected chi connectivity index (χ4v) is 2.72. The fraction of sp³-hybridized carbons (Fsp3) is 0.438. The molecular formula is C16H21N3O4. The van der Waals surface area contributed by atoms with Crippen molar-refractivity contribution in [1.29, 1.82) is 0 Å². The third-order valence-electron chi connectivity index (χ3n) is 4.09. The Bertz CT molecular complexity index is 577.